The molecule has 1 aromatic carbocycles. The van der Waals surface area contributed by atoms with Crippen LogP contribution in [0.15, 0.2) is 24.3 Å². The zero-order valence-electron chi connectivity index (χ0n) is 12.9. The van der Waals surface area contributed by atoms with Gasteiger partial charge in [0, 0.05) is 12.5 Å². The second-order valence-electron chi connectivity index (χ2n) is 5.83. The van der Waals surface area contributed by atoms with Crippen molar-refractivity contribution in [3.05, 3.63) is 35.6 Å². The van der Waals surface area contributed by atoms with Crippen LogP contribution >= 0.6 is 0 Å². The van der Waals surface area contributed by atoms with Gasteiger partial charge in [0.05, 0.1) is 12.6 Å². The minimum absolute atomic E-state index is 0.0454. The molecule has 6 nitrogen and oxygen atoms in total. The molecule has 0 unspecified atom stereocenters. The van der Waals surface area contributed by atoms with Crippen molar-refractivity contribution < 1.29 is 19.1 Å². The summed E-state index contributed by atoms with van der Waals surface area (Å²) < 4.78 is 13.1. The molecule has 1 saturated heterocycles. The van der Waals surface area contributed by atoms with E-state index in [1.807, 2.05) is 4.90 Å². The van der Waals surface area contributed by atoms with Gasteiger partial charge in [0.1, 0.15) is 5.82 Å². The molecule has 0 aromatic heterocycles. The lowest BCUT2D eigenvalue weighted by Crippen LogP contribution is -2.44. The van der Waals surface area contributed by atoms with Gasteiger partial charge in [-0.25, -0.2) is 4.39 Å². The third-order valence-electron chi connectivity index (χ3n) is 4.04. The van der Waals surface area contributed by atoms with Crippen LogP contribution in [-0.2, 0) is 9.59 Å². The summed E-state index contributed by atoms with van der Waals surface area (Å²) in [5.74, 6) is -1.06. The number of hydrogen-bond acceptors (Lipinski definition) is 4. The molecule has 1 aliphatic rings. The van der Waals surface area contributed by atoms with Crippen LogP contribution in [-0.4, -0.2) is 48.0 Å². The van der Waals surface area contributed by atoms with E-state index in [1.165, 1.54) is 18.2 Å². The molecule has 0 aliphatic carbocycles. The Morgan fingerprint density at radius 2 is 2.09 bits per heavy atom. The SMILES string of the molecule is NC(=O)CN1CCC(C(=O)NC[C@@H](O)c2cccc(F)c2)CC1. The Morgan fingerprint density at radius 1 is 1.39 bits per heavy atom. The Balaban J connectivity index is 1.76. The number of hydrogen-bond donors (Lipinski definition) is 3. The molecule has 1 atom stereocenters. The molecule has 0 bridgehead atoms. The average molecular weight is 323 g/mol. The van der Waals surface area contributed by atoms with Crippen molar-refractivity contribution in [1.82, 2.24) is 10.2 Å². The number of benzene rings is 1. The predicted octanol–water partition coefficient (Wildman–Crippen LogP) is 0.173. The summed E-state index contributed by atoms with van der Waals surface area (Å²) in [6.07, 6.45) is 0.356. The maximum absolute atomic E-state index is 13.1. The molecule has 0 spiro atoms. The summed E-state index contributed by atoms with van der Waals surface area (Å²) in [7, 11) is 0. The monoisotopic (exact) mass is 323 g/mol. The molecule has 1 aliphatic heterocycles. The van der Waals surface area contributed by atoms with Gasteiger partial charge in [0.15, 0.2) is 0 Å². The number of carbonyl (C=O) groups excluding carboxylic acids is 2. The van der Waals surface area contributed by atoms with Crippen LogP contribution in [0.1, 0.15) is 24.5 Å². The van der Waals surface area contributed by atoms with Crippen molar-refractivity contribution >= 4 is 11.8 Å². The van der Waals surface area contributed by atoms with E-state index >= 15 is 0 Å². The van der Waals surface area contributed by atoms with Crippen molar-refractivity contribution in [3.8, 4) is 0 Å². The number of piperidine rings is 1. The van der Waals surface area contributed by atoms with E-state index in [2.05, 4.69) is 5.32 Å². The number of amides is 2. The van der Waals surface area contributed by atoms with Gasteiger partial charge in [-0.15, -0.1) is 0 Å². The Kier molecular flexibility index (Phi) is 6.06. The fourth-order valence-corrected chi connectivity index (χ4v) is 2.75. The minimum Gasteiger partial charge on any atom is -0.387 e. The van der Waals surface area contributed by atoms with Crippen molar-refractivity contribution in [2.45, 2.75) is 18.9 Å². The lowest BCUT2D eigenvalue weighted by atomic mass is 9.95. The third kappa shape index (κ3) is 5.30. The first-order chi connectivity index (χ1) is 11.0. The number of carbonyl (C=O) groups is 2. The lowest BCUT2D eigenvalue weighted by Gasteiger charge is -2.30. The highest BCUT2D eigenvalue weighted by atomic mass is 19.1. The molecule has 0 radical (unpaired) electrons. The molecule has 2 rings (SSSR count). The van der Waals surface area contributed by atoms with Gasteiger partial charge in [-0.2, -0.15) is 0 Å². The molecule has 1 heterocycles. The van der Waals surface area contributed by atoms with Crippen LogP contribution in [0.2, 0.25) is 0 Å². The molecular formula is C16H22FN3O3. The predicted molar refractivity (Wildman–Crippen MR) is 82.7 cm³/mol. The van der Waals surface area contributed by atoms with E-state index in [-0.39, 0.29) is 30.8 Å². The summed E-state index contributed by atoms with van der Waals surface area (Å²) in [6.45, 7) is 1.55. The largest absolute Gasteiger partial charge is 0.387 e. The Morgan fingerprint density at radius 3 is 2.70 bits per heavy atom. The van der Waals surface area contributed by atoms with Crippen molar-refractivity contribution in [1.29, 1.82) is 0 Å². The summed E-state index contributed by atoms with van der Waals surface area (Å²) >= 11 is 0. The number of nitrogens with zero attached hydrogens (tertiary/aromatic N) is 1. The van der Waals surface area contributed by atoms with E-state index in [0.717, 1.165) is 0 Å². The van der Waals surface area contributed by atoms with Gasteiger partial charge in [0.25, 0.3) is 0 Å². The Hall–Kier alpha value is -1.99. The molecule has 1 fully saturated rings. The fourth-order valence-electron chi connectivity index (χ4n) is 2.75. The summed E-state index contributed by atoms with van der Waals surface area (Å²) in [5.41, 5.74) is 5.58. The summed E-state index contributed by atoms with van der Waals surface area (Å²) in [6, 6.07) is 5.68. The molecule has 0 saturated carbocycles. The average Bonchev–Trinajstić information content (AvgIpc) is 2.52. The number of primary amides is 1. The highest BCUT2D eigenvalue weighted by Crippen LogP contribution is 2.18. The molecule has 126 valence electrons. The lowest BCUT2D eigenvalue weighted by molar-refractivity contribution is -0.127. The molecule has 7 heteroatoms. The van der Waals surface area contributed by atoms with Crippen molar-refractivity contribution in [2.75, 3.05) is 26.2 Å². The Bertz CT molecular complexity index is 559. The number of aliphatic hydroxyl groups is 1. The molecule has 1 aromatic rings. The van der Waals surface area contributed by atoms with Gasteiger partial charge in [-0.05, 0) is 43.6 Å². The number of aliphatic hydroxyl groups excluding tert-OH is 1. The Labute approximate surface area is 134 Å². The van der Waals surface area contributed by atoms with Crippen LogP contribution in [0.3, 0.4) is 0 Å². The number of halogens is 1. The molecule has 2 amide bonds. The smallest absolute Gasteiger partial charge is 0.231 e. The first-order valence-electron chi connectivity index (χ1n) is 7.67. The fraction of sp³-hybridized carbons (Fsp3) is 0.500. The van der Waals surface area contributed by atoms with Crippen LogP contribution in [0.5, 0.6) is 0 Å². The second kappa shape index (κ2) is 8.03. The highest BCUT2D eigenvalue weighted by molar-refractivity contribution is 5.79. The first kappa shape index (κ1) is 17.4. The maximum atomic E-state index is 13.1. The number of rotatable bonds is 6. The number of nitrogens with two attached hydrogens (primary N) is 1. The van der Waals surface area contributed by atoms with Gasteiger partial charge < -0.3 is 16.2 Å². The van der Waals surface area contributed by atoms with E-state index in [9.17, 15) is 19.1 Å². The normalized spacial score (nSPS) is 17.7. The van der Waals surface area contributed by atoms with E-state index in [0.29, 0.717) is 31.5 Å². The minimum atomic E-state index is -0.940. The third-order valence-corrected chi connectivity index (χ3v) is 4.04. The number of nitrogens with one attached hydrogen (secondary N) is 1. The summed E-state index contributed by atoms with van der Waals surface area (Å²) in [4.78, 5) is 24.9. The van der Waals surface area contributed by atoms with Crippen LogP contribution in [0.4, 0.5) is 4.39 Å². The van der Waals surface area contributed by atoms with Crippen molar-refractivity contribution in [2.24, 2.45) is 11.7 Å². The topological polar surface area (TPSA) is 95.7 Å². The number of likely N-dealkylation sites (tertiary alicyclic amines) is 1. The van der Waals surface area contributed by atoms with E-state index in [1.54, 1.807) is 6.07 Å². The molecule has 23 heavy (non-hydrogen) atoms. The molecular weight excluding hydrogens is 301 g/mol. The maximum Gasteiger partial charge on any atom is 0.231 e. The van der Waals surface area contributed by atoms with Crippen molar-refractivity contribution in [3.63, 3.8) is 0 Å². The van der Waals surface area contributed by atoms with Gasteiger partial charge in [0.2, 0.25) is 11.8 Å². The first-order valence-corrected chi connectivity index (χ1v) is 7.67. The van der Waals surface area contributed by atoms with Crippen LogP contribution < -0.4 is 11.1 Å². The second-order valence-corrected chi connectivity index (χ2v) is 5.83. The van der Waals surface area contributed by atoms with E-state index < -0.39 is 11.9 Å². The zero-order valence-corrected chi connectivity index (χ0v) is 12.9. The quantitative estimate of drug-likeness (QED) is 0.695. The van der Waals surface area contributed by atoms with E-state index in [4.69, 9.17) is 5.73 Å². The van der Waals surface area contributed by atoms with Gasteiger partial charge in [-0.3, -0.25) is 14.5 Å². The molecule has 4 N–H and O–H groups in total. The highest BCUT2D eigenvalue weighted by Gasteiger charge is 2.25. The standard InChI is InChI=1S/C16H22FN3O3/c17-13-3-1-2-12(8-13)14(21)9-19-16(23)11-4-6-20(7-5-11)10-15(18)22/h1-3,8,11,14,21H,4-7,9-10H2,(H2,18,22)(H,19,23)/t14-/m1/s1. The van der Waals surface area contributed by atoms with Crippen LogP contribution in [0.25, 0.3) is 0 Å². The van der Waals surface area contributed by atoms with Gasteiger partial charge >= 0.3 is 0 Å². The van der Waals surface area contributed by atoms with Gasteiger partial charge in [-0.1, -0.05) is 12.1 Å². The zero-order chi connectivity index (χ0) is 16.8. The van der Waals surface area contributed by atoms with Crippen LogP contribution in [0, 0.1) is 11.7 Å². The summed E-state index contributed by atoms with van der Waals surface area (Å²) in [5, 5.41) is 12.7.